The summed E-state index contributed by atoms with van der Waals surface area (Å²) in [6.07, 6.45) is 1.28. The number of nitrogens with zero attached hydrogens (tertiary/aromatic N) is 6. The second-order valence-electron chi connectivity index (χ2n) is 7.11. The van der Waals surface area contributed by atoms with Gasteiger partial charge < -0.3 is 30.0 Å². The fraction of sp³-hybridized carbons (Fsp3) is 0.400. The van der Waals surface area contributed by atoms with Crippen LogP contribution in [0.2, 0.25) is 15.7 Å². The predicted molar refractivity (Wildman–Crippen MR) is 173 cm³/mol. The van der Waals surface area contributed by atoms with Gasteiger partial charge in [0, 0.05) is 0 Å². The van der Waals surface area contributed by atoms with E-state index in [1.54, 1.807) is 0 Å². The maximum absolute atomic E-state index is 11.6. The van der Waals surface area contributed by atoms with Gasteiger partial charge >= 0.3 is 35.3 Å². The summed E-state index contributed by atoms with van der Waals surface area (Å²) in [5.41, 5.74) is 4.38. The Hall–Kier alpha value is -3.54. The van der Waals surface area contributed by atoms with Gasteiger partial charge in [-0.15, -0.1) is 12.4 Å². The third-order valence-corrected chi connectivity index (χ3v) is 4.98. The number of halogens is 4. The van der Waals surface area contributed by atoms with Crippen LogP contribution < -0.4 is 11.1 Å². The minimum absolute atomic E-state index is 0. The van der Waals surface area contributed by atoms with Crippen molar-refractivity contribution in [3.8, 4) is 0 Å². The van der Waals surface area contributed by atoms with Gasteiger partial charge in [-0.25, -0.2) is 14.8 Å². The minimum atomic E-state index is -1.22. The molecule has 0 saturated carbocycles. The van der Waals surface area contributed by atoms with E-state index in [0.717, 1.165) is 26.6 Å². The first-order valence-electron chi connectivity index (χ1n) is 10.9. The Morgan fingerprint density at radius 3 is 1.65 bits per heavy atom. The van der Waals surface area contributed by atoms with Crippen LogP contribution in [0.1, 0.15) is 12.8 Å². The molecular formula is C20H28Cl4N8O12S2. The normalized spacial score (nSPS) is 10.3. The highest BCUT2D eigenvalue weighted by atomic mass is 35.5. The van der Waals surface area contributed by atoms with Crippen LogP contribution in [0, 0.1) is 20.2 Å². The van der Waals surface area contributed by atoms with Gasteiger partial charge in [0.1, 0.15) is 24.5 Å². The Morgan fingerprint density at radius 2 is 1.24 bits per heavy atom. The Morgan fingerprint density at radius 1 is 0.804 bits per heavy atom. The van der Waals surface area contributed by atoms with Crippen LogP contribution in [0.4, 0.5) is 17.2 Å². The summed E-state index contributed by atoms with van der Waals surface area (Å²) in [5.74, 6) is -2.97. The molecule has 0 aliphatic rings. The zero-order valence-electron chi connectivity index (χ0n) is 23.9. The first kappa shape index (κ1) is 49.3. The summed E-state index contributed by atoms with van der Waals surface area (Å²) in [6.45, 7) is 0. The van der Waals surface area contributed by atoms with Crippen molar-refractivity contribution >= 4 is 115 Å². The maximum atomic E-state index is 11.6. The van der Waals surface area contributed by atoms with Crippen molar-refractivity contribution in [1.82, 2.24) is 19.9 Å². The number of nitro groups is 2. The molecule has 0 saturated heterocycles. The molecule has 20 nitrogen and oxygen atoms in total. The molecule has 46 heavy (non-hydrogen) atoms. The lowest BCUT2D eigenvalue weighted by molar-refractivity contribution is -0.385. The predicted octanol–water partition coefficient (Wildman–Crippen LogP) is 1.94. The molecule has 260 valence electrons. The Bertz CT molecular complexity index is 1340. The van der Waals surface area contributed by atoms with Crippen molar-refractivity contribution < 1.29 is 48.0 Å². The van der Waals surface area contributed by atoms with Crippen LogP contribution in [-0.4, -0.2) is 94.2 Å². The highest BCUT2D eigenvalue weighted by molar-refractivity contribution is 7.59. The van der Waals surface area contributed by atoms with Crippen molar-refractivity contribution in [2.75, 3.05) is 33.8 Å². The summed E-state index contributed by atoms with van der Waals surface area (Å²) >= 11 is 16.2. The molecule has 0 aliphatic carbocycles. The van der Waals surface area contributed by atoms with E-state index >= 15 is 0 Å². The third-order valence-electron chi connectivity index (χ3n) is 4.34. The summed E-state index contributed by atoms with van der Waals surface area (Å²) in [7, 11) is 4.68. The molecule has 3 N–H and O–H groups in total. The van der Waals surface area contributed by atoms with Gasteiger partial charge in [-0.05, 0) is 23.2 Å². The van der Waals surface area contributed by atoms with E-state index in [-0.39, 0.29) is 73.0 Å². The van der Waals surface area contributed by atoms with Crippen molar-refractivity contribution in [2.24, 2.45) is 5.73 Å². The lowest BCUT2D eigenvalue weighted by Crippen LogP contribution is -2.34. The maximum Gasteiger partial charge on any atom is 0.329 e. The first-order valence-corrected chi connectivity index (χ1v) is 12.1. The monoisotopic (exact) mass is 776 g/mol. The lowest BCUT2D eigenvalue weighted by Gasteiger charge is -2.15. The van der Waals surface area contributed by atoms with Crippen LogP contribution in [0.25, 0.3) is 0 Å². The molecule has 2 heterocycles. The first-order chi connectivity index (χ1) is 20.1. The van der Waals surface area contributed by atoms with Crippen LogP contribution in [0.3, 0.4) is 0 Å². The number of carbonyl (C=O) groups excluding carboxylic acids is 4. The standard InChI is InChI=1S/C10H11ClN4O6.C6H11NO4.C4HCl2N3O2.ClH.2H2S/c1-20-7(16)3-5(9(17)21-2)13-8-6(15(18)19)4-12-10(11)14-8;1-10-5(8)3-4(7)6(9)11-2;5-3-2(9(10)11)1-7-4(6)8-3;;;/h4-5H,3H2,1-2H3,(H,12,13,14);4H,3,7H2,1-2H3;1H;1H;2*1H2/t;4-;;;;/m.0..../s1. The van der Waals surface area contributed by atoms with Gasteiger partial charge in [0.25, 0.3) is 0 Å². The molecule has 0 spiro atoms. The van der Waals surface area contributed by atoms with Crippen molar-refractivity contribution in [1.29, 1.82) is 0 Å². The van der Waals surface area contributed by atoms with Crippen LogP contribution in [0.15, 0.2) is 12.4 Å². The Kier molecular flexibility index (Phi) is 27.5. The van der Waals surface area contributed by atoms with Crippen molar-refractivity contribution in [2.45, 2.75) is 24.9 Å². The number of hydrogen-bond donors (Lipinski definition) is 2. The van der Waals surface area contributed by atoms with Gasteiger partial charge in [-0.2, -0.15) is 37.0 Å². The van der Waals surface area contributed by atoms with Gasteiger partial charge in [-0.1, -0.05) is 11.6 Å². The summed E-state index contributed by atoms with van der Waals surface area (Å²) in [6, 6.07) is -2.14. The number of hydrogen-bond acceptors (Lipinski definition) is 18. The lowest BCUT2D eigenvalue weighted by atomic mass is 10.2. The van der Waals surface area contributed by atoms with Gasteiger partial charge in [-0.3, -0.25) is 34.6 Å². The number of aromatic nitrogens is 4. The fourth-order valence-electron chi connectivity index (χ4n) is 2.30. The number of esters is 4. The average molecular weight is 778 g/mol. The fourth-order valence-corrected chi connectivity index (χ4v) is 2.81. The largest absolute Gasteiger partial charge is 0.469 e. The van der Waals surface area contributed by atoms with E-state index < -0.39 is 57.9 Å². The van der Waals surface area contributed by atoms with Crippen LogP contribution in [-0.2, 0) is 38.1 Å². The summed E-state index contributed by atoms with van der Waals surface area (Å²) in [5, 5.41) is 22.8. The smallest absolute Gasteiger partial charge is 0.329 e. The molecule has 0 bridgehead atoms. The van der Waals surface area contributed by atoms with E-state index in [9.17, 15) is 39.4 Å². The van der Waals surface area contributed by atoms with Crippen molar-refractivity contribution in [3.05, 3.63) is 48.3 Å². The molecule has 2 atom stereocenters. The van der Waals surface area contributed by atoms with E-state index in [2.05, 4.69) is 44.2 Å². The minimum Gasteiger partial charge on any atom is -0.469 e. The zero-order chi connectivity index (χ0) is 33.3. The number of carbonyl (C=O) groups is 4. The van der Waals surface area contributed by atoms with Crippen molar-refractivity contribution in [3.63, 3.8) is 0 Å². The van der Waals surface area contributed by atoms with E-state index in [1.807, 2.05) is 0 Å². The number of anilines is 1. The van der Waals surface area contributed by atoms with E-state index in [4.69, 9.17) is 40.5 Å². The molecule has 0 aromatic carbocycles. The molecule has 26 heteroatoms. The average Bonchev–Trinajstić information content (AvgIpc) is 2.95. The highest BCUT2D eigenvalue weighted by Gasteiger charge is 2.27. The highest BCUT2D eigenvalue weighted by Crippen LogP contribution is 2.23. The topological polar surface area (TPSA) is 281 Å². The third kappa shape index (κ3) is 18.4. The summed E-state index contributed by atoms with van der Waals surface area (Å²) < 4.78 is 17.5. The number of ether oxygens (including phenoxy) is 4. The molecule has 0 fully saturated rings. The summed E-state index contributed by atoms with van der Waals surface area (Å²) in [4.78, 5) is 77.4. The van der Waals surface area contributed by atoms with Gasteiger partial charge in [0.15, 0.2) is 0 Å². The Balaban J connectivity index is -0.000000302. The number of nitrogens with one attached hydrogen (secondary N) is 1. The van der Waals surface area contributed by atoms with Gasteiger partial charge in [0.2, 0.25) is 21.5 Å². The molecule has 2 aromatic rings. The second-order valence-corrected chi connectivity index (χ2v) is 8.15. The molecular weight excluding hydrogens is 750 g/mol. The van der Waals surface area contributed by atoms with Crippen LogP contribution in [0.5, 0.6) is 0 Å². The number of rotatable bonds is 10. The molecule has 1 unspecified atom stereocenters. The number of methoxy groups -OCH3 is 4. The molecule has 0 radical (unpaired) electrons. The zero-order valence-corrected chi connectivity index (χ0v) is 29.0. The number of nitrogens with two attached hydrogens (primary N) is 1. The second kappa shape index (κ2) is 25.6. The molecule has 0 amide bonds. The molecule has 2 rings (SSSR count). The SMILES string of the molecule is COC(=O)CC(Nc1nc(Cl)ncc1[N+](=O)[O-])C(=O)OC.COC(=O)C[C@H](N)C(=O)OC.Cl.O=[N+]([O-])c1cnc(Cl)nc1Cl.S.S. The Labute approximate surface area is 295 Å². The van der Waals surface area contributed by atoms with E-state index in [0.29, 0.717) is 0 Å². The molecule has 0 aliphatic heterocycles. The van der Waals surface area contributed by atoms with Gasteiger partial charge in [0.05, 0.1) is 51.1 Å². The van der Waals surface area contributed by atoms with Crippen LogP contribution >= 0.6 is 74.2 Å². The quantitative estimate of drug-likeness (QED) is 0.0870. The molecule has 2 aromatic heterocycles. The van der Waals surface area contributed by atoms with E-state index in [1.165, 1.54) is 14.2 Å².